The molecule has 8 heteroatoms. The molecule has 0 radical (unpaired) electrons. The van der Waals surface area contributed by atoms with Gasteiger partial charge < -0.3 is 20.5 Å². The summed E-state index contributed by atoms with van der Waals surface area (Å²) in [6.45, 7) is 0. The predicted molar refractivity (Wildman–Crippen MR) is 60.6 cm³/mol. The maximum atomic E-state index is 11.3. The fraction of sp³-hybridized carbons (Fsp3) is 0.0909. The van der Waals surface area contributed by atoms with Gasteiger partial charge in [-0.3, -0.25) is 10.1 Å². The Balaban J connectivity index is 2.30. The highest BCUT2D eigenvalue weighted by Crippen LogP contribution is 2.21. The van der Waals surface area contributed by atoms with Gasteiger partial charge in [0.2, 0.25) is 0 Å². The summed E-state index contributed by atoms with van der Waals surface area (Å²) in [6.07, 6.45) is 1.26. The molecule has 1 aliphatic rings. The van der Waals surface area contributed by atoms with Crippen molar-refractivity contribution in [1.82, 2.24) is 10.6 Å². The molecule has 0 unspecified atom stereocenters. The molecule has 0 fully saturated rings. The second kappa shape index (κ2) is 4.77. The third-order valence-corrected chi connectivity index (χ3v) is 2.55. The first-order valence-corrected chi connectivity index (χ1v) is 5.22. The number of nitro groups is 1. The number of non-ortho nitro benzene ring substituents is 1. The van der Waals surface area contributed by atoms with Crippen LogP contribution in [0.4, 0.5) is 10.5 Å². The topological polar surface area (TPSA) is 124 Å². The maximum Gasteiger partial charge on any atom is 0.320 e. The summed E-state index contributed by atoms with van der Waals surface area (Å²) in [7, 11) is 0. The molecule has 19 heavy (non-hydrogen) atoms. The highest BCUT2D eigenvalue weighted by molar-refractivity contribution is 5.92. The van der Waals surface area contributed by atoms with E-state index in [2.05, 4.69) is 10.6 Å². The number of carbonyl (C=O) groups is 2. The number of carbonyl (C=O) groups excluding carboxylic acids is 2. The first kappa shape index (κ1) is 12.6. The summed E-state index contributed by atoms with van der Waals surface area (Å²) in [5, 5.41) is 25.8. The van der Waals surface area contributed by atoms with Crippen molar-refractivity contribution in [3.63, 3.8) is 0 Å². The van der Waals surface area contributed by atoms with Gasteiger partial charge in [0.25, 0.3) is 5.69 Å². The van der Waals surface area contributed by atoms with Crippen LogP contribution in [0.3, 0.4) is 0 Å². The normalized spacial score (nSPS) is 18.0. The van der Waals surface area contributed by atoms with E-state index in [1.54, 1.807) is 0 Å². The zero-order valence-corrected chi connectivity index (χ0v) is 9.45. The first-order valence-electron chi connectivity index (χ1n) is 5.22. The summed E-state index contributed by atoms with van der Waals surface area (Å²) in [6, 6.07) is 4.08. The molecule has 1 heterocycles. The highest BCUT2D eigenvalue weighted by atomic mass is 16.6. The summed E-state index contributed by atoms with van der Waals surface area (Å²) in [4.78, 5) is 31.9. The van der Waals surface area contributed by atoms with E-state index in [-0.39, 0.29) is 11.4 Å². The van der Waals surface area contributed by atoms with Crippen molar-refractivity contribution >= 4 is 17.7 Å². The molecule has 0 aliphatic carbocycles. The van der Waals surface area contributed by atoms with Crippen LogP contribution in [-0.2, 0) is 4.79 Å². The second-order valence-corrected chi connectivity index (χ2v) is 3.79. The summed E-state index contributed by atoms with van der Waals surface area (Å²) < 4.78 is 0. The minimum Gasteiger partial charge on any atom is -0.543 e. The van der Waals surface area contributed by atoms with Crippen LogP contribution >= 0.6 is 0 Å². The first-order chi connectivity index (χ1) is 8.97. The van der Waals surface area contributed by atoms with E-state index >= 15 is 0 Å². The van der Waals surface area contributed by atoms with Gasteiger partial charge >= 0.3 is 6.03 Å². The van der Waals surface area contributed by atoms with Crippen molar-refractivity contribution in [2.24, 2.45) is 0 Å². The number of rotatable bonds is 3. The Morgan fingerprint density at radius 1 is 1.26 bits per heavy atom. The SMILES string of the molecule is O=C1NC(C(=O)[O-])=C[C@@H](c2ccc([N+](=O)[O-])cc2)N1. The van der Waals surface area contributed by atoms with Gasteiger partial charge in [-0.15, -0.1) is 0 Å². The largest absolute Gasteiger partial charge is 0.543 e. The third-order valence-electron chi connectivity index (χ3n) is 2.55. The summed E-state index contributed by atoms with van der Waals surface area (Å²) >= 11 is 0. The Labute approximate surface area is 106 Å². The molecule has 0 aromatic heterocycles. The lowest BCUT2D eigenvalue weighted by atomic mass is 10.0. The lowest BCUT2D eigenvalue weighted by Gasteiger charge is -2.24. The van der Waals surface area contributed by atoms with Crippen LogP contribution < -0.4 is 15.7 Å². The monoisotopic (exact) mass is 262 g/mol. The van der Waals surface area contributed by atoms with Crippen molar-refractivity contribution in [3.8, 4) is 0 Å². The van der Waals surface area contributed by atoms with Crippen LogP contribution in [-0.4, -0.2) is 16.9 Å². The minimum absolute atomic E-state index is 0.0897. The molecule has 0 bridgehead atoms. The molecule has 1 atom stereocenters. The van der Waals surface area contributed by atoms with E-state index in [1.807, 2.05) is 0 Å². The number of carboxylic acids is 1. The van der Waals surface area contributed by atoms with E-state index in [0.717, 1.165) is 0 Å². The minimum atomic E-state index is -1.50. The van der Waals surface area contributed by atoms with Gasteiger partial charge in [0.15, 0.2) is 0 Å². The molecule has 0 spiro atoms. The van der Waals surface area contributed by atoms with E-state index < -0.39 is 23.0 Å². The number of amides is 2. The molecule has 1 aromatic rings. The Bertz CT molecular complexity index is 578. The molecule has 1 aromatic carbocycles. The highest BCUT2D eigenvalue weighted by Gasteiger charge is 2.20. The van der Waals surface area contributed by atoms with Gasteiger partial charge in [-0.05, 0) is 23.8 Å². The van der Waals surface area contributed by atoms with Crippen LogP contribution in [0.25, 0.3) is 0 Å². The fourth-order valence-electron chi connectivity index (χ4n) is 1.65. The van der Waals surface area contributed by atoms with Gasteiger partial charge in [0.05, 0.1) is 22.6 Å². The van der Waals surface area contributed by atoms with Crippen molar-refractivity contribution in [2.75, 3.05) is 0 Å². The van der Waals surface area contributed by atoms with Crippen LogP contribution in [0.5, 0.6) is 0 Å². The smallest absolute Gasteiger partial charge is 0.320 e. The zero-order valence-electron chi connectivity index (χ0n) is 9.45. The van der Waals surface area contributed by atoms with Gasteiger partial charge in [-0.25, -0.2) is 4.79 Å². The number of hydrogen-bond donors (Lipinski definition) is 2. The standard InChI is InChI=1S/C11H9N3O5/c15-10(16)9-5-8(12-11(17)13-9)6-1-3-7(4-2-6)14(18)19/h1-5,8H,(H,15,16)(H2,12,13,17)/p-1/t8-/m0/s1. The number of nitro benzene ring substituents is 1. The molecule has 2 N–H and O–H groups in total. The van der Waals surface area contributed by atoms with Crippen LogP contribution in [0, 0.1) is 10.1 Å². The number of carboxylic acid groups (broad SMARTS) is 1. The number of aliphatic carboxylic acids is 1. The zero-order chi connectivity index (χ0) is 14.0. The van der Waals surface area contributed by atoms with E-state index in [9.17, 15) is 24.8 Å². The second-order valence-electron chi connectivity index (χ2n) is 3.79. The maximum absolute atomic E-state index is 11.3. The summed E-state index contributed by atoms with van der Waals surface area (Å²) in [5.41, 5.74) is 0.0967. The lowest BCUT2D eigenvalue weighted by Crippen LogP contribution is -2.46. The van der Waals surface area contributed by atoms with Crippen LogP contribution in [0.1, 0.15) is 11.6 Å². The van der Waals surface area contributed by atoms with Gasteiger partial charge in [-0.2, -0.15) is 0 Å². The Hall–Kier alpha value is -2.90. The molecule has 8 nitrogen and oxygen atoms in total. The Morgan fingerprint density at radius 2 is 1.89 bits per heavy atom. The number of benzene rings is 1. The lowest BCUT2D eigenvalue weighted by molar-refractivity contribution is -0.384. The average Bonchev–Trinajstić information content (AvgIpc) is 2.38. The molecule has 2 rings (SSSR count). The quantitative estimate of drug-likeness (QED) is 0.565. The van der Waals surface area contributed by atoms with Crippen molar-refractivity contribution in [1.29, 1.82) is 0 Å². The fourth-order valence-corrected chi connectivity index (χ4v) is 1.65. The molecule has 2 amide bonds. The molecule has 0 saturated heterocycles. The van der Waals surface area contributed by atoms with E-state index in [1.165, 1.54) is 30.3 Å². The molecular weight excluding hydrogens is 254 g/mol. The predicted octanol–water partition coefficient (Wildman–Crippen LogP) is -0.417. The Morgan fingerprint density at radius 3 is 2.42 bits per heavy atom. The van der Waals surface area contributed by atoms with Gasteiger partial charge in [0.1, 0.15) is 0 Å². The van der Waals surface area contributed by atoms with E-state index in [4.69, 9.17) is 0 Å². The van der Waals surface area contributed by atoms with Crippen LogP contribution in [0.15, 0.2) is 36.0 Å². The van der Waals surface area contributed by atoms with Crippen molar-refractivity contribution in [2.45, 2.75) is 6.04 Å². The van der Waals surface area contributed by atoms with Crippen LogP contribution in [0.2, 0.25) is 0 Å². The van der Waals surface area contributed by atoms with Crippen molar-refractivity contribution in [3.05, 3.63) is 51.7 Å². The number of nitrogens with one attached hydrogen (secondary N) is 2. The van der Waals surface area contributed by atoms with Crippen molar-refractivity contribution < 1.29 is 19.6 Å². The van der Waals surface area contributed by atoms with Gasteiger partial charge in [0, 0.05) is 12.1 Å². The van der Waals surface area contributed by atoms with Gasteiger partial charge in [-0.1, -0.05) is 0 Å². The number of hydrogen-bond acceptors (Lipinski definition) is 5. The molecule has 0 saturated carbocycles. The molecule has 1 aliphatic heterocycles. The molecular formula is C11H8N3O5-. The average molecular weight is 262 g/mol. The number of nitrogens with zero attached hydrogens (tertiary/aromatic N) is 1. The molecule has 98 valence electrons. The van der Waals surface area contributed by atoms with E-state index in [0.29, 0.717) is 5.56 Å². The third kappa shape index (κ3) is 2.68. The Kier molecular flexibility index (Phi) is 3.15. The summed E-state index contributed by atoms with van der Waals surface area (Å²) in [5.74, 6) is -1.50. The number of urea groups is 1.